The maximum absolute atomic E-state index is 11.8. The summed E-state index contributed by atoms with van der Waals surface area (Å²) in [6, 6.07) is 7.58. The molecule has 0 bridgehead atoms. The minimum Gasteiger partial charge on any atom is -0.483 e. The SMILES string of the molecule is CCc1ccccc1OCC(=O)NCCNC(=O)CCNC(=O)OC(C)(C)C. The number of nitrogens with one attached hydrogen (secondary N) is 3. The molecule has 0 saturated heterocycles. The molecule has 0 saturated carbocycles. The van der Waals surface area contributed by atoms with E-state index in [2.05, 4.69) is 16.0 Å². The van der Waals surface area contributed by atoms with Gasteiger partial charge in [0, 0.05) is 26.1 Å². The van der Waals surface area contributed by atoms with Gasteiger partial charge in [-0.05, 0) is 38.8 Å². The van der Waals surface area contributed by atoms with Crippen molar-refractivity contribution in [1.82, 2.24) is 16.0 Å². The number of benzene rings is 1. The summed E-state index contributed by atoms with van der Waals surface area (Å²) in [5, 5.41) is 7.85. The van der Waals surface area contributed by atoms with Crippen molar-refractivity contribution >= 4 is 17.9 Å². The first-order chi connectivity index (χ1) is 13.2. The molecule has 1 aromatic rings. The van der Waals surface area contributed by atoms with Crippen LogP contribution >= 0.6 is 0 Å². The molecular weight excluding hydrogens is 362 g/mol. The predicted molar refractivity (Wildman–Crippen MR) is 106 cm³/mol. The average molecular weight is 393 g/mol. The van der Waals surface area contributed by atoms with Crippen LogP contribution in [0.3, 0.4) is 0 Å². The fraction of sp³-hybridized carbons (Fsp3) is 0.550. The molecule has 0 aliphatic heterocycles. The minimum atomic E-state index is -0.577. The van der Waals surface area contributed by atoms with Crippen molar-refractivity contribution in [2.45, 2.75) is 46.1 Å². The zero-order valence-electron chi connectivity index (χ0n) is 17.1. The summed E-state index contributed by atoms with van der Waals surface area (Å²) in [7, 11) is 0. The Morgan fingerprint density at radius 1 is 0.929 bits per heavy atom. The lowest BCUT2D eigenvalue weighted by Crippen LogP contribution is -2.38. The first-order valence-corrected chi connectivity index (χ1v) is 9.42. The first kappa shape index (κ1) is 23.3. The van der Waals surface area contributed by atoms with Crippen LogP contribution in [0, 0.1) is 0 Å². The number of carbonyl (C=O) groups excluding carboxylic acids is 3. The van der Waals surface area contributed by atoms with E-state index in [1.165, 1.54) is 0 Å². The predicted octanol–water partition coefficient (Wildman–Crippen LogP) is 1.77. The number of amides is 3. The molecule has 3 N–H and O–H groups in total. The Labute approximate surface area is 166 Å². The summed E-state index contributed by atoms with van der Waals surface area (Å²) in [4.78, 5) is 35.0. The highest BCUT2D eigenvalue weighted by atomic mass is 16.6. The molecule has 0 fully saturated rings. The van der Waals surface area contributed by atoms with Gasteiger partial charge in [-0.3, -0.25) is 9.59 Å². The quantitative estimate of drug-likeness (QED) is 0.526. The van der Waals surface area contributed by atoms with Crippen molar-refractivity contribution in [3.63, 3.8) is 0 Å². The molecule has 0 radical (unpaired) electrons. The summed E-state index contributed by atoms with van der Waals surface area (Å²) in [6.07, 6.45) is 0.397. The van der Waals surface area contributed by atoms with Gasteiger partial charge in [0.2, 0.25) is 5.91 Å². The van der Waals surface area contributed by atoms with Gasteiger partial charge in [0.15, 0.2) is 6.61 Å². The van der Waals surface area contributed by atoms with Crippen molar-refractivity contribution in [3.05, 3.63) is 29.8 Å². The number of alkyl carbamates (subject to hydrolysis) is 1. The van der Waals surface area contributed by atoms with Crippen LogP contribution in [0.5, 0.6) is 5.75 Å². The molecule has 0 unspecified atom stereocenters. The second kappa shape index (κ2) is 11.8. The number of aryl methyl sites for hydroxylation is 1. The smallest absolute Gasteiger partial charge is 0.407 e. The molecule has 0 atom stereocenters. The van der Waals surface area contributed by atoms with Crippen LogP contribution in [0.15, 0.2) is 24.3 Å². The van der Waals surface area contributed by atoms with E-state index in [1.54, 1.807) is 20.8 Å². The molecule has 0 spiro atoms. The van der Waals surface area contributed by atoms with Crippen molar-refractivity contribution in [2.75, 3.05) is 26.2 Å². The monoisotopic (exact) mass is 393 g/mol. The lowest BCUT2D eigenvalue weighted by atomic mass is 10.1. The highest BCUT2D eigenvalue weighted by Gasteiger charge is 2.15. The minimum absolute atomic E-state index is 0.0786. The van der Waals surface area contributed by atoms with Gasteiger partial charge in [0.25, 0.3) is 5.91 Å². The molecule has 8 heteroatoms. The van der Waals surface area contributed by atoms with Crippen LogP contribution in [-0.4, -0.2) is 49.7 Å². The number of carbonyl (C=O) groups is 3. The lowest BCUT2D eigenvalue weighted by molar-refractivity contribution is -0.124. The maximum Gasteiger partial charge on any atom is 0.407 e. The standard InChI is InChI=1S/C20H31N3O5/c1-5-15-8-6-7-9-16(15)27-14-18(25)22-13-12-21-17(24)10-11-23-19(26)28-20(2,3)4/h6-9H,5,10-14H2,1-4H3,(H,21,24)(H,22,25)(H,23,26). The van der Waals surface area contributed by atoms with E-state index >= 15 is 0 Å². The molecule has 0 aromatic heterocycles. The summed E-state index contributed by atoms with van der Waals surface area (Å²) < 4.78 is 10.6. The van der Waals surface area contributed by atoms with E-state index in [-0.39, 0.29) is 31.4 Å². The van der Waals surface area contributed by atoms with Crippen molar-refractivity contribution < 1.29 is 23.9 Å². The molecule has 3 amide bonds. The van der Waals surface area contributed by atoms with Gasteiger partial charge in [-0.15, -0.1) is 0 Å². The summed E-state index contributed by atoms with van der Waals surface area (Å²) in [6.45, 7) is 8.01. The number of para-hydroxylation sites is 1. The van der Waals surface area contributed by atoms with Gasteiger partial charge in [0.05, 0.1) is 0 Å². The van der Waals surface area contributed by atoms with E-state index in [1.807, 2.05) is 31.2 Å². The topological polar surface area (TPSA) is 106 Å². The van der Waals surface area contributed by atoms with Crippen molar-refractivity contribution in [2.24, 2.45) is 0 Å². The third-order valence-corrected chi connectivity index (χ3v) is 3.50. The van der Waals surface area contributed by atoms with Gasteiger partial charge >= 0.3 is 6.09 Å². The summed E-state index contributed by atoms with van der Waals surface area (Å²) >= 11 is 0. The number of rotatable bonds is 10. The van der Waals surface area contributed by atoms with E-state index in [0.29, 0.717) is 18.8 Å². The molecule has 8 nitrogen and oxygen atoms in total. The van der Waals surface area contributed by atoms with Crippen molar-refractivity contribution in [3.8, 4) is 5.75 Å². The highest BCUT2D eigenvalue weighted by Crippen LogP contribution is 2.17. The lowest BCUT2D eigenvalue weighted by Gasteiger charge is -2.19. The molecule has 1 aromatic carbocycles. The number of hydrogen-bond donors (Lipinski definition) is 3. The molecule has 156 valence electrons. The second-order valence-corrected chi connectivity index (χ2v) is 7.13. The number of ether oxygens (including phenoxy) is 2. The van der Waals surface area contributed by atoms with Gasteiger partial charge in [0.1, 0.15) is 11.4 Å². The number of hydrogen-bond acceptors (Lipinski definition) is 5. The van der Waals surface area contributed by atoms with Crippen molar-refractivity contribution in [1.29, 1.82) is 0 Å². The fourth-order valence-electron chi connectivity index (χ4n) is 2.22. The van der Waals surface area contributed by atoms with Crippen LogP contribution in [0.4, 0.5) is 4.79 Å². The van der Waals surface area contributed by atoms with E-state index < -0.39 is 11.7 Å². The Morgan fingerprint density at radius 3 is 2.21 bits per heavy atom. The molecular formula is C20H31N3O5. The maximum atomic E-state index is 11.8. The Kier molecular flexibility index (Phi) is 9.84. The van der Waals surface area contributed by atoms with E-state index in [9.17, 15) is 14.4 Å². The molecule has 1 rings (SSSR count). The Bertz CT molecular complexity index is 655. The van der Waals surface area contributed by atoms with Crippen LogP contribution in [-0.2, 0) is 20.7 Å². The average Bonchev–Trinajstić information content (AvgIpc) is 2.62. The third-order valence-electron chi connectivity index (χ3n) is 3.50. The van der Waals surface area contributed by atoms with E-state index in [0.717, 1.165) is 12.0 Å². The zero-order valence-corrected chi connectivity index (χ0v) is 17.1. The Morgan fingerprint density at radius 2 is 1.57 bits per heavy atom. The van der Waals surface area contributed by atoms with Crippen LogP contribution in [0.25, 0.3) is 0 Å². The molecule has 0 heterocycles. The highest BCUT2D eigenvalue weighted by molar-refractivity contribution is 5.78. The van der Waals surface area contributed by atoms with Gasteiger partial charge < -0.3 is 25.4 Å². The van der Waals surface area contributed by atoms with Gasteiger partial charge in [-0.2, -0.15) is 0 Å². The summed E-state index contributed by atoms with van der Waals surface area (Å²) in [5.41, 5.74) is 0.468. The van der Waals surface area contributed by atoms with E-state index in [4.69, 9.17) is 9.47 Å². The van der Waals surface area contributed by atoms with Gasteiger partial charge in [-0.1, -0.05) is 25.1 Å². The largest absolute Gasteiger partial charge is 0.483 e. The summed E-state index contributed by atoms with van der Waals surface area (Å²) in [5.74, 6) is 0.219. The normalized spacial score (nSPS) is 10.7. The van der Waals surface area contributed by atoms with Crippen LogP contribution in [0.1, 0.15) is 39.7 Å². The fourth-order valence-corrected chi connectivity index (χ4v) is 2.22. The molecule has 0 aliphatic rings. The zero-order chi connectivity index (χ0) is 21.0. The second-order valence-electron chi connectivity index (χ2n) is 7.13. The first-order valence-electron chi connectivity index (χ1n) is 9.42. The Balaban J connectivity index is 2.11. The third kappa shape index (κ3) is 10.4. The Hall–Kier alpha value is -2.77. The molecule has 0 aliphatic carbocycles. The van der Waals surface area contributed by atoms with Gasteiger partial charge in [-0.25, -0.2) is 4.79 Å². The molecule has 28 heavy (non-hydrogen) atoms. The van der Waals surface area contributed by atoms with Crippen LogP contribution in [0.2, 0.25) is 0 Å². The van der Waals surface area contributed by atoms with Crippen LogP contribution < -0.4 is 20.7 Å².